The highest BCUT2D eigenvalue weighted by Gasteiger charge is 2.27. The van der Waals surface area contributed by atoms with Crippen molar-refractivity contribution in [2.75, 3.05) is 6.54 Å². The molecule has 0 heterocycles. The van der Waals surface area contributed by atoms with E-state index < -0.39 is 0 Å². The summed E-state index contributed by atoms with van der Waals surface area (Å²) in [5.74, 6) is 2.60. The topological polar surface area (TPSA) is 12.0 Å². The lowest BCUT2D eigenvalue weighted by Crippen LogP contribution is -2.21. The lowest BCUT2D eigenvalue weighted by Gasteiger charge is -2.12. The fraction of sp³-hybridized carbons (Fsp3) is 0.647. The van der Waals surface area contributed by atoms with E-state index in [1.165, 1.54) is 36.9 Å². The largest absolute Gasteiger partial charge is 0.312 e. The molecule has 1 nitrogen and oxygen atoms in total. The number of hydrogen-bond acceptors (Lipinski definition) is 1. The molecule has 1 aromatic rings. The number of benzene rings is 1. The lowest BCUT2D eigenvalue weighted by atomic mass is 10.0. The highest BCUT2D eigenvalue weighted by molar-refractivity contribution is 5.22. The van der Waals surface area contributed by atoms with E-state index in [1.807, 2.05) is 0 Å². The summed E-state index contributed by atoms with van der Waals surface area (Å²) in [6.07, 6.45) is 4.09. The van der Waals surface area contributed by atoms with E-state index in [0.717, 1.165) is 24.3 Å². The predicted octanol–water partition coefficient (Wildman–Crippen LogP) is 4.02. The molecule has 1 aliphatic rings. The maximum Gasteiger partial charge on any atom is 0.0205 e. The van der Waals surface area contributed by atoms with Crippen LogP contribution >= 0.6 is 0 Å². The zero-order valence-corrected chi connectivity index (χ0v) is 12.1. The molecule has 0 spiro atoms. The molecule has 0 radical (unpaired) electrons. The molecule has 1 saturated carbocycles. The molecule has 1 aromatic carbocycles. The molecule has 1 heteroatoms. The van der Waals surface area contributed by atoms with Crippen molar-refractivity contribution in [3.63, 3.8) is 0 Å². The molecular formula is C17H27N. The highest BCUT2D eigenvalue weighted by atomic mass is 14.9. The fourth-order valence-electron chi connectivity index (χ4n) is 2.54. The van der Waals surface area contributed by atoms with Gasteiger partial charge < -0.3 is 5.32 Å². The van der Waals surface area contributed by atoms with Gasteiger partial charge in [-0.3, -0.25) is 0 Å². The molecule has 1 aliphatic carbocycles. The number of nitrogens with one attached hydrogen (secondary N) is 1. The lowest BCUT2D eigenvalue weighted by molar-refractivity contribution is 0.461. The standard InChI is InChI=1S/C17H27N/c1-13(2)10-15-4-6-16(7-5-15)12-18-11-14(3)17-8-9-17/h4-7,13-14,17-18H,8-12H2,1-3H3. The molecule has 18 heavy (non-hydrogen) atoms. The van der Waals surface area contributed by atoms with Gasteiger partial charge in [0.2, 0.25) is 0 Å². The Bertz CT molecular complexity index is 348. The van der Waals surface area contributed by atoms with Crippen LogP contribution in [0.15, 0.2) is 24.3 Å². The average molecular weight is 245 g/mol. The summed E-state index contributed by atoms with van der Waals surface area (Å²) >= 11 is 0. The Morgan fingerprint density at radius 2 is 1.67 bits per heavy atom. The minimum atomic E-state index is 0.744. The zero-order valence-electron chi connectivity index (χ0n) is 12.1. The highest BCUT2D eigenvalue weighted by Crippen LogP contribution is 2.36. The SMILES string of the molecule is CC(C)Cc1ccc(CNCC(C)C2CC2)cc1. The van der Waals surface area contributed by atoms with Crippen molar-refractivity contribution < 1.29 is 0 Å². The van der Waals surface area contributed by atoms with E-state index in [-0.39, 0.29) is 0 Å². The Morgan fingerprint density at radius 3 is 2.22 bits per heavy atom. The smallest absolute Gasteiger partial charge is 0.0205 e. The van der Waals surface area contributed by atoms with Crippen molar-refractivity contribution in [3.05, 3.63) is 35.4 Å². The summed E-state index contributed by atoms with van der Waals surface area (Å²) in [7, 11) is 0. The van der Waals surface area contributed by atoms with Gasteiger partial charge in [-0.1, -0.05) is 45.0 Å². The Kier molecular flexibility index (Phi) is 4.82. The van der Waals surface area contributed by atoms with Crippen LogP contribution in [0, 0.1) is 17.8 Å². The van der Waals surface area contributed by atoms with Crippen molar-refractivity contribution in [2.24, 2.45) is 17.8 Å². The van der Waals surface area contributed by atoms with Gasteiger partial charge in [-0.2, -0.15) is 0 Å². The molecule has 0 saturated heterocycles. The molecule has 0 bridgehead atoms. The van der Waals surface area contributed by atoms with Gasteiger partial charge in [-0.05, 0) is 54.7 Å². The second kappa shape index (κ2) is 6.38. The normalized spacial score (nSPS) is 17.1. The van der Waals surface area contributed by atoms with Crippen molar-refractivity contribution in [1.29, 1.82) is 0 Å². The molecule has 1 N–H and O–H groups in total. The Morgan fingerprint density at radius 1 is 1.06 bits per heavy atom. The van der Waals surface area contributed by atoms with E-state index >= 15 is 0 Å². The van der Waals surface area contributed by atoms with Gasteiger partial charge in [0.05, 0.1) is 0 Å². The van der Waals surface area contributed by atoms with Crippen LogP contribution in [0.4, 0.5) is 0 Å². The summed E-state index contributed by atoms with van der Waals surface area (Å²) in [6.45, 7) is 9.09. The summed E-state index contributed by atoms with van der Waals surface area (Å²) in [4.78, 5) is 0. The first-order chi connectivity index (χ1) is 8.65. The van der Waals surface area contributed by atoms with Gasteiger partial charge in [-0.25, -0.2) is 0 Å². The van der Waals surface area contributed by atoms with Crippen LogP contribution in [0.2, 0.25) is 0 Å². The van der Waals surface area contributed by atoms with Crippen molar-refractivity contribution in [3.8, 4) is 0 Å². The molecule has 1 unspecified atom stereocenters. The van der Waals surface area contributed by atoms with E-state index in [9.17, 15) is 0 Å². The molecule has 2 rings (SSSR count). The van der Waals surface area contributed by atoms with E-state index in [0.29, 0.717) is 0 Å². The van der Waals surface area contributed by atoms with Gasteiger partial charge in [-0.15, -0.1) is 0 Å². The molecule has 0 aromatic heterocycles. The van der Waals surface area contributed by atoms with Gasteiger partial charge >= 0.3 is 0 Å². The third-order valence-electron chi connectivity index (χ3n) is 3.89. The van der Waals surface area contributed by atoms with Gasteiger partial charge in [0.1, 0.15) is 0 Å². The first kappa shape index (κ1) is 13.6. The van der Waals surface area contributed by atoms with Crippen LogP contribution < -0.4 is 5.32 Å². The fourth-order valence-corrected chi connectivity index (χ4v) is 2.54. The average Bonchev–Trinajstić information content (AvgIpc) is 3.14. The molecule has 0 aliphatic heterocycles. The summed E-state index contributed by atoms with van der Waals surface area (Å²) < 4.78 is 0. The van der Waals surface area contributed by atoms with Gasteiger partial charge in [0, 0.05) is 6.54 Å². The molecule has 0 amide bonds. The van der Waals surface area contributed by atoms with Crippen molar-refractivity contribution in [2.45, 2.75) is 46.6 Å². The minimum absolute atomic E-state index is 0.744. The van der Waals surface area contributed by atoms with E-state index in [1.54, 1.807) is 0 Å². The number of hydrogen-bond donors (Lipinski definition) is 1. The van der Waals surface area contributed by atoms with Crippen molar-refractivity contribution in [1.82, 2.24) is 5.32 Å². The monoisotopic (exact) mass is 245 g/mol. The Hall–Kier alpha value is -0.820. The minimum Gasteiger partial charge on any atom is -0.312 e. The summed E-state index contributed by atoms with van der Waals surface area (Å²) in [5.41, 5.74) is 2.87. The van der Waals surface area contributed by atoms with Crippen molar-refractivity contribution >= 4 is 0 Å². The maximum absolute atomic E-state index is 3.58. The second-order valence-corrected chi connectivity index (χ2v) is 6.36. The number of rotatable bonds is 7. The Balaban J connectivity index is 1.72. The van der Waals surface area contributed by atoms with Gasteiger partial charge in [0.15, 0.2) is 0 Å². The van der Waals surface area contributed by atoms with Crippen LogP contribution in [0.5, 0.6) is 0 Å². The molecule has 1 atom stereocenters. The second-order valence-electron chi connectivity index (χ2n) is 6.36. The predicted molar refractivity (Wildman–Crippen MR) is 78.6 cm³/mol. The third kappa shape index (κ3) is 4.45. The summed E-state index contributed by atoms with van der Waals surface area (Å²) in [5, 5.41) is 3.58. The maximum atomic E-state index is 3.58. The molecule has 1 fully saturated rings. The third-order valence-corrected chi connectivity index (χ3v) is 3.89. The van der Waals surface area contributed by atoms with E-state index in [4.69, 9.17) is 0 Å². The van der Waals surface area contributed by atoms with Crippen LogP contribution in [0.3, 0.4) is 0 Å². The van der Waals surface area contributed by atoms with Crippen LogP contribution in [0.25, 0.3) is 0 Å². The van der Waals surface area contributed by atoms with Crippen LogP contribution in [-0.4, -0.2) is 6.54 Å². The first-order valence-corrected chi connectivity index (χ1v) is 7.43. The Labute approximate surface area is 112 Å². The summed E-state index contributed by atoms with van der Waals surface area (Å²) in [6, 6.07) is 9.10. The quantitative estimate of drug-likeness (QED) is 0.765. The molecule has 100 valence electrons. The van der Waals surface area contributed by atoms with Gasteiger partial charge in [0.25, 0.3) is 0 Å². The first-order valence-electron chi connectivity index (χ1n) is 7.43. The van der Waals surface area contributed by atoms with E-state index in [2.05, 4.69) is 50.4 Å². The molecular weight excluding hydrogens is 218 g/mol. The van der Waals surface area contributed by atoms with Crippen LogP contribution in [-0.2, 0) is 13.0 Å². The zero-order chi connectivity index (χ0) is 13.0. The van der Waals surface area contributed by atoms with Crippen LogP contribution in [0.1, 0.15) is 44.7 Å².